The first-order chi connectivity index (χ1) is 6.33. The highest BCUT2D eigenvalue weighted by molar-refractivity contribution is 9.25. The first kappa shape index (κ1) is 10.4. The molecule has 2 aliphatic rings. The van der Waals surface area contributed by atoms with Crippen molar-refractivity contribution in [3.05, 3.63) is 16.9 Å². The Labute approximate surface area is 99.4 Å². The molecule has 0 unspecified atom stereocenters. The summed E-state index contributed by atoms with van der Waals surface area (Å²) in [5, 5.41) is 15.0. The van der Waals surface area contributed by atoms with Crippen LogP contribution in [-0.4, -0.2) is 20.0 Å². The molecule has 1 aliphatic heterocycles. The molecule has 0 saturated carbocycles. The number of allylic oxidation sites excluding steroid dienone is 2. The molecule has 0 aromatic heterocycles. The fraction of sp³-hybridized carbons (Fsp3) is 0.556. The Morgan fingerprint density at radius 1 is 1.50 bits per heavy atom. The van der Waals surface area contributed by atoms with Gasteiger partial charge in [0.25, 0.3) is 0 Å². The molecule has 0 bridgehead atoms. The van der Waals surface area contributed by atoms with E-state index in [2.05, 4.69) is 50.8 Å². The van der Waals surface area contributed by atoms with Gasteiger partial charge in [-0.25, -0.2) is 0 Å². The minimum absolute atomic E-state index is 0.0534. The van der Waals surface area contributed by atoms with Crippen LogP contribution >= 0.6 is 31.9 Å². The van der Waals surface area contributed by atoms with E-state index in [-0.39, 0.29) is 8.65 Å². The molecule has 1 heterocycles. The van der Waals surface area contributed by atoms with Gasteiger partial charge in [-0.05, 0) is 6.08 Å². The largest absolute Gasteiger partial charge is 0.594 e. The van der Waals surface area contributed by atoms with Crippen LogP contribution in [0.15, 0.2) is 16.8 Å². The zero-order valence-electron chi connectivity index (χ0n) is 7.92. The minimum Gasteiger partial charge on any atom is -0.594 e. The Balaban J connectivity index is 2.53. The molecule has 3 nitrogen and oxygen atoms in total. The molecule has 0 atom stereocenters. The summed E-state index contributed by atoms with van der Waals surface area (Å²) in [4.78, 5) is 0.711. The van der Waals surface area contributed by atoms with E-state index in [9.17, 15) is 5.21 Å². The zero-order valence-corrected chi connectivity index (χ0v) is 11.1. The molecule has 14 heavy (non-hydrogen) atoms. The number of hydrogen-bond donors (Lipinski definition) is 0. The van der Waals surface area contributed by atoms with Gasteiger partial charge in [0.15, 0.2) is 0 Å². The average Bonchev–Trinajstić information content (AvgIpc) is 2.33. The summed E-state index contributed by atoms with van der Waals surface area (Å²) in [6, 6.07) is 0. The molecule has 0 saturated heterocycles. The summed E-state index contributed by atoms with van der Waals surface area (Å²) in [5.74, 6) is 0. The van der Waals surface area contributed by atoms with E-state index in [1.165, 1.54) is 0 Å². The fourth-order valence-corrected chi connectivity index (χ4v) is 2.36. The van der Waals surface area contributed by atoms with Gasteiger partial charge < -0.3 is 5.21 Å². The van der Waals surface area contributed by atoms with Crippen molar-refractivity contribution in [1.82, 2.24) is 0 Å². The molecule has 0 aromatic carbocycles. The van der Waals surface area contributed by atoms with E-state index >= 15 is 0 Å². The Bertz CT molecular complexity index is 380. The lowest BCUT2D eigenvalue weighted by molar-refractivity contribution is -0.460. The van der Waals surface area contributed by atoms with Gasteiger partial charge in [0.05, 0.1) is 5.57 Å². The Morgan fingerprint density at radius 3 is 2.79 bits per heavy atom. The van der Waals surface area contributed by atoms with Crippen LogP contribution in [0, 0.1) is 10.6 Å². The van der Waals surface area contributed by atoms with Gasteiger partial charge in [0.1, 0.15) is 9.45 Å². The summed E-state index contributed by atoms with van der Waals surface area (Å²) in [7, 11) is 0. The SMILES string of the molecule is CC1(C)CC2=[N+]([O-])N=CC2=CC1(Br)Br. The number of nitrogens with zero attached hydrogens (tertiary/aromatic N) is 2. The van der Waals surface area contributed by atoms with Crippen LogP contribution in [0.5, 0.6) is 0 Å². The molecule has 0 amide bonds. The van der Waals surface area contributed by atoms with Crippen LogP contribution in [-0.2, 0) is 0 Å². The third-order valence-corrected chi connectivity index (χ3v) is 5.32. The second kappa shape index (κ2) is 2.92. The Hall–Kier alpha value is -0.160. The van der Waals surface area contributed by atoms with Gasteiger partial charge in [-0.2, -0.15) is 0 Å². The van der Waals surface area contributed by atoms with E-state index < -0.39 is 0 Å². The van der Waals surface area contributed by atoms with Crippen LogP contribution in [0.1, 0.15) is 20.3 Å². The first-order valence-corrected chi connectivity index (χ1v) is 5.90. The summed E-state index contributed by atoms with van der Waals surface area (Å²) >= 11 is 7.23. The monoisotopic (exact) mass is 320 g/mol. The topological polar surface area (TPSA) is 38.4 Å². The van der Waals surface area contributed by atoms with Crippen molar-refractivity contribution in [2.24, 2.45) is 10.5 Å². The van der Waals surface area contributed by atoms with Crippen molar-refractivity contribution < 1.29 is 4.85 Å². The lowest BCUT2D eigenvalue weighted by Crippen LogP contribution is -2.39. The quantitative estimate of drug-likeness (QED) is 0.384. The molecular weight excluding hydrogens is 312 g/mol. The summed E-state index contributed by atoms with van der Waals surface area (Å²) in [6.07, 6.45) is 4.31. The molecule has 0 fully saturated rings. The molecule has 5 heteroatoms. The van der Waals surface area contributed by atoms with E-state index in [4.69, 9.17) is 0 Å². The molecule has 0 N–H and O–H groups in total. The van der Waals surface area contributed by atoms with Crippen molar-refractivity contribution in [3.8, 4) is 0 Å². The van der Waals surface area contributed by atoms with Gasteiger partial charge in [0, 0.05) is 16.9 Å². The molecule has 1 aliphatic carbocycles. The average molecular weight is 322 g/mol. The number of alkyl halides is 2. The normalized spacial score (nSPS) is 27.6. The third kappa shape index (κ3) is 1.37. The molecule has 0 radical (unpaired) electrons. The van der Waals surface area contributed by atoms with E-state index in [1.807, 2.05) is 6.08 Å². The summed E-state index contributed by atoms with van der Waals surface area (Å²) in [5.41, 5.74) is 1.61. The molecular formula is C9H10Br2N2O. The van der Waals surface area contributed by atoms with Crippen LogP contribution in [0.3, 0.4) is 0 Å². The van der Waals surface area contributed by atoms with Crippen molar-refractivity contribution in [2.75, 3.05) is 0 Å². The second-order valence-corrected chi connectivity index (χ2v) is 7.81. The van der Waals surface area contributed by atoms with Crippen LogP contribution in [0.4, 0.5) is 0 Å². The fourth-order valence-electron chi connectivity index (χ4n) is 1.59. The van der Waals surface area contributed by atoms with Crippen molar-refractivity contribution in [3.63, 3.8) is 0 Å². The number of halogens is 2. The van der Waals surface area contributed by atoms with Gasteiger partial charge >= 0.3 is 0 Å². The lowest BCUT2D eigenvalue weighted by Gasteiger charge is -2.38. The summed E-state index contributed by atoms with van der Waals surface area (Å²) in [6.45, 7) is 4.20. The third-order valence-electron chi connectivity index (χ3n) is 2.71. The standard InChI is InChI=1S/C9H10Br2N2O/c1-8(2)4-7-6(3-9(8,10)11)5-12-13(7)14/h3,5H,4H2,1-2H3. The first-order valence-electron chi connectivity index (χ1n) is 4.32. The number of hydrogen-bond acceptors (Lipinski definition) is 2. The maximum Gasteiger partial charge on any atom is 0.231 e. The highest BCUT2D eigenvalue weighted by atomic mass is 79.9. The molecule has 0 spiro atoms. The van der Waals surface area contributed by atoms with Crippen molar-refractivity contribution >= 4 is 43.8 Å². The van der Waals surface area contributed by atoms with E-state index in [0.29, 0.717) is 11.3 Å². The van der Waals surface area contributed by atoms with E-state index in [0.717, 1.165) is 11.3 Å². The molecule has 76 valence electrons. The minimum atomic E-state index is -0.261. The maximum atomic E-state index is 11.3. The number of rotatable bonds is 0. The number of hydrazone groups is 1. The number of fused-ring (bicyclic) bond motifs is 1. The highest BCUT2D eigenvalue weighted by Gasteiger charge is 2.47. The van der Waals surface area contributed by atoms with Crippen LogP contribution in [0.25, 0.3) is 0 Å². The van der Waals surface area contributed by atoms with Crippen molar-refractivity contribution in [2.45, 2.75) is 23.5 Å². The second-order valence-electron chi connectivity index (χ2n) is 4.25. The zero-order chi connectivity index (χ0) is 10.6. The van der Waals surface area contributed by atoms with Gasteiger partial charge in [-0.3, -0.25) is 0 Å². The Kier molecular flexibility index (Phi) is 2.16. The van der Waals surface area contributed by atoms with Gasteiger partial charge in [-0.1, -0.05) is 50.6 Å². The Morgan fingerprint density at radius 2 is 2.14 bits per heavy atom. The lowest BCUT2D eigenvalue weighted by atomic mass is 9.77. The van der Waals surface area contributed by atoms with Crippen LogP contribution in [0.2, 0.25) is 0 Å². The maximum absolute atomic E-state index is 11.3. The molecule has 0 aromatic rings. The van der Waals surface area contributed by atoms with E-state index in [1.54, 1.807) is 6.21 Å². The van der Waals surface area contributed by atoms with Crippen LogP contribution < -0.4 is 0 Å². The van der Waals surface area contributed by atoms with Gasteiger partial charge in [-0.15, -0.1) is 0 Å². The predicted molar refractivity (Wildman–Crippen MR) is 64.2 cm³/mol. The van der Waals surface area contributed by atoms with Gasteiger partial charge in [0.2, 0.25) is 5.71 Å². The van der Waals surface area contributed by atoms with Crippen molar-refractivity contribution in [1.29, 1.82) is 0 Å². The highest BCUT2D eigenvalue weighted by Crippen LogP contribution is 2.51. The molecule has 2 rings (SSSR count). The smallest absolute Gasteiger partial charge is 0.231 e. The summed E-state index contributed by atoms with van der Waals surface area (Å²) < 4.78 is -0.261. The predicted octanol–water partition coefficient (Wildman–Crippen LogP) is 2.78.